The molecule has 1 heterocycles. The minimum atomic E-state index is -0.197. The first-order valence-corrected chi connectivity index (χ1v) is 6.35. The van der Waals surface area contributed by atoms with Crippen LogP contribution in [-0.4, -0.2) is 49.8 Å². The molecule has 15 heavy (non-hydrogen) atoms. The van der Waals surface area contributed by atoms with Gasteiger partial charge in [-0.2, -0.15) is 0 Å². The molecule has 0 aliphatic heterocycles. The topological polar surface area (TPSA) is 86.4 Å². The average Bonchev–Trinajstić information content (AvgIpc) is 2.08. The normalized spacial score (nSPS) is 11.4. The second-order valence-corrected chi connectivity index (χ2v) is 6.18. The van der Waals surface area contributed by atoms with Gasteiger partial charge in [0.15, 0.2) is 0 Å². The van der Waals surface area contributed by atoms with Crippen molar-refractivity contribution in [1.29, 1.82) is 0 Å². The van der Waals surface area contributed by atoms with Gasteiger partial charge < -0.3 is 5.48 Å². The summed E-state index contributed by atoms with van der Waals surface area (Å²) in [6, 6.07) is 1.63. The van der Waals surface area contributed by atoms with Gasteiger partial charge in [-0.05, 0) is 0 Å². The molecule has 5 nitrogen and oxygen atoms in total. The van der Waals surface area contributed by atoms with Crippen LogP contribution in [0.15, 0.2) is 6.07 Å². The maximum atomic E-state index is 11.5. The van der Waals surface area contributed by atoms with Gasteiger partial charge in [0.1, 0.15) is 0 Å². The van der Waals surface area contributed by atoms with Crippen molar-refractivity contribution in [2.24, 2.45) is 0 Å². The number of rotatable bonds is 2. The molecule has 0 aliphatic rings. The number of halogens is 1. The van der Waals surface area contributed by atoms with E-state index in [9.17, 15) is 4.79 Å². The van der Waals surface area contributed by atoms with E-state index in [1.807, 2.05) is 6.92 Å². The second kappa shape index (κ2) is 6.30. The predicted octanol–water partition coefficient (Wildman–Crippen LogP) is -0.142. The molecule has 0 aliphatic carbocycles. The molecule has 0 saturated heterocycles. The van der Waals surface area contributed by atoms with E-state index in [2.05, 4.69) is 15.5 Å². The van der Waals surface area contributed by atoms with E-state index in [0.29, 0.717) is 10.8 Å². The first-order valence-electron chi connectivity index (χ1n) is 4.07. The Balaban J connectivity index is 0.00000196. The van der Waals surface area contributed by atoms with Crippen LogP contribution in [0.25, 0.3) is 0 Å². The maximum Gasteiger partial charge on any atom is -0.412 e. The molecule has 2 radical (unpaired) electrons. The third kappa shape index (κ3) is 4.36. The largest absolute Gasteiger partial charge is 0.412 e. The van der Waals surface area contributed by atoms with Crippen LogP contribution in [-0.2, 0) is 0 Å². The molecule has 80 valence electrons. The number of aryl methyl sites for hydroxylation is 1. The maximum absolute atomic E-state index is 11.5. The zero-order valence-corrected chi connectivity index (χ0v) is 12.5. The molecule has 0 fully saturated rings. The first-order chi connectivity index (χ1) is 6.50. The van der Waals surface area contributed by atoms with Gasteiger partial charge in [-0.15, -0.1) is 0 Å². The van der Waals surface area contributed by atoms with Crippen LogP contribution in [0.5, 0.6) is 0 Å². The molecule has 0 spiro atoms. The monoisotopic (exact) mass is 331 g/mol. The summed E-state index contributed by atoms with van der Waals surface area (Å²) in [7, 11) is 0. The number of nitrogens with zero attached hydrogens (tertiary/aromatic N) is 2. The molecule has 1 rings (SSSR count). The molecular formula is C8H11ClInN3O2. The van der Waals surface area contributed by atoms with Crippen molar-refractivity contribution < 1.29 is 10.3 Å². The summed E-state index contributed by atoms with van der Waals surface area (Å²) < 4.78 is 0.214. The summed E-state index contributed by atoms with van der Waals surface area (Å²) in [6.45, 7) is 3.73. The number of aromatic nitrogens is 2. The van der Waals surface area contributed by atoms with Crippen molar-refractivity contribution in [2.45, 2.75) is 17.6 Å². The molecule has 1 amide bonds. The molecule has 3 N–H and O–H groups in total. The van der Waals surface area contributed by atoms with Crippen LogP contribution in [0.4, 0.5) is 0 Å². The van der Waals surface area contributed by atoms with Gasteiger partial charge in [-0.25, -0.2) is 0 Å². The van der Waals surface area contributed by atoms with Gasteiger partial charge in [0, 0.05) is 0 Å². The van der Waals surface area contributed by atoms with Crippen LogP contribution >= 0.6 is 11.6 Å². The van der Waals surface area contributed by atoms with Crippen molar-refractivity contribution in [3.05, 3.63) is 22.5 Å². The van der Waals surface area contributed by atoms with E-state index >= 15 is 0 Å². The molecule has 1 atom stereocenters. The third-order valence-corrected chi connectivity index (χ3v) is 2.36. The Morgan fingerprint density at radius 3 is 2.67 bits per heavy atom. The van der Waals surface area contributed by atoms with Crippen molar-refractivity contribution in [3.63, 3.8) is 0 Å². The number of carbonyl (C=O) groups excluding carboxylic acids is 1. The van der Waals surface area contributed by atoms with Crippen LogP contribution in [0, 0.1) is 6.92 Å². The van der Waals surface area contributed by atoms with Crippen LogP contribution < -0.4 is 5.32 Å². The van der Waals surface area contributed by atoms with Crippen LogP contribution in [0.2, 0.25) is 5.15 Å². The Morgan fingerprint density at radius 2 is 2.20 bits per heavy atom. The van der Waals surface area contributed by atoms with Crippen molar-refractivity contribution in [3.8, 4) is 0 Å². The van der Waals surface area contributed by atoms with E-state index in [1.165, 1.54) is 0 Å². The minimum Gasteiger partial charge on any atom is -0.412 e. The Bertz CT molecular complexity index is 360. The molecule has 1 unspecified atom stereocenters. The van der Waals surface area contributed by atoms with Crippen molar-refractivity contribution in [2.75, 3.05) is 0 Å². The zero-order valence-electron chi connectivity index (χ0n) is 8.41. The molecule has 0 aromatic carbocycles. The second-order valence-electron chi connectivity index (χ2n) is 2.97. The Hall–Kier alpha value is -0.330. The molecule has 1 aromatic rings. The van der Waals surface area contributed by atoms with Crippen LogP contribution in [0.1, 0.15) is 23.0 Å². The Morgan fingerprint density at radius 1 is 1.60 bits per heavy atom. The standard InChI is InChI=1S/C8H9ClN3O.In.H2O/c1-3-10-8(13)6-4-5(2)7(9)12-11-6;;/h3-4H,1-2H3,(H,10,13);;1H2. The third-order valence-electron chi connectivity index (χ3n) is 1.52. The number of hydrogen-bond donors (Lipinski definition) is 1. The van der Waals surface area contributed by atoms with Gasteiger partial charge in [0.2, 0.25) is 0 Å². The fraction of sp³-hybridized carbons (Fsp3) is 0.375. The van der Waals surface area contributed by atoms with Crippen molar-refractivity contribution in [1.82, 2.24) is 15.5 Å². The van der Waals surface area contributed by atoms with Crippen LogP contribution in [0.3, 0.4) is 0 Å². The molecule has 1 aromatic heterocycles. The summed E-state index contributed by atoms with van der Waals surface area (Å²) in [5, 5.41) is 10.5. The predicted molar refractivity (Wildman–Crippen MR) is 58.1 cm³/mol. The van der Waals surface area contributed by atoms with E-state index in [0.717, 1.165) is 29.9 Å². The summed E-state index contributed by atoms with van der Waals surface area (Å²) in [4.78, 5) is 11.5. The first kappa shape index (κ1) is 14.7. The van der Waals surface area contributed by atoms with E-state index in [-0.39, 0.29) is 15.2 Å². The Kier molecular flexibility index (Phi) is 6.16. The number of amides is 1. The fourth-order valence-electron chi connectivity index (χ4n) is 0.862. The quantitative estimate of drug-likeness (QED) is 0.818. The fourth-order valence-corrected chi connectivity index (χ4v) is 1.39. The smallest absolute Gasteiger partial charge is 0.412 e. The van der Waals surface area contributed by atoms with Crippen molar-refractivity contribution >= 4 is 41.9 Å². The number of nitrogens with one attached hydrogen (secondary N) is 1. The number of carbonyl (C=O) groups is 1. The van der Waals surface area contributed by atoms with Gasteiger partial charge in [0.05, 0.1) is 0 Å². The number of hydrogen-bond acceptors (Lipinski definition) is 3. The zero-order chi connectivity index (χ0) is 10.7. The van der Waals surface area contributed by atoms with Gasteiger partial charge in [-0.3, -0.25) is 0 Å². The van der Waals surface area contributed by atoms with E-state index in [1.54, 1.807) is 13.0 Å². The van der Waals surface area contributed by atoms with E-state index < -0.39 is 0 Å². The van der Waals surface area contributed by atoms with E-state index in [4.69, 9.17) is 11.6 Å². The molecule has 7 heteroatoms. The minimum absolute atomic E-state index is 0. The average molecular weight is 331 g/mol. The summed E-state index contributed by atoms with van der Waals surface area (Å²) in [5.74, 6) is -0.197. The van der Waals surface area contributed by atoms with Gasteiger partial charge in [-0.1, -0.05) is 0 Å². The summed E-state index contributed by atoms with van der Waals surface area (Å²) >= 11 is 6.66. The SMILES string of the molecule is Cc1cc(C(=O)N[CH](C)[In])nnc1Cl.O. The molecule has 0 bridgehead atoms. The molecule has 0 saturated carbocycles. The Labute approximate surface area is 107 Å². The summed E-state index contributed by atoms with van der Waals surface area (Å²) in [5.41, 5.74) is 1.07. The van der Waals surface area contributed by atoms with Gasteiger partial charge in [0.25, 0.3) is 0 Å². The summed E-state index contributed by atoms with van der Waals surface area (Å²) in [6.07, 6.45) is 0. The molecular weight excluding hydrogens is 320 g/mol. The van der Waals surface area contributed by atoms with Gasteiger partial charge >= 0.3 is 102 Å².